The van der Waals surface area contributed by atoms with Crippen molar-refractivity contribution in [3.63, 3.8) is 0 Å². The summed E-state index contributed by atoms with van der Waals surface area (Å²) < 4.78 is 4.98. The lowest BCUT2D eigenvalue weighted by Gasteiger charge is -2.17. The molecule has 0 saturated heterocycles. The molecule has 1 rings (SSSR count). The zero-order valence-electron chi connectivity index (χ0n) is 6.79. The summed E-state index contributed by atoms with van der Waals surface area (Å²) in [4.78, 5) is 0. The topological polar surface area (TPSA) is 55.5 Å². The summed E-state index contributed by atoms with van der Waals surface area (Å²) in [5.41, 5.74) is 5.23. The van der Waals surface area contributed by atoms with Crippen molar-refractivity contribution in [1.82, 2.24) is 0 Å². The molecule has 3 N–H and O–H groups in total. The van der Waals surface area contributed by atoms with Crippen molar-refractivity contribution in [2.45, 2.75) is 25.2 Å². The molecule has 0 aromatic rings. The number of ether oxygens (including phenoxy) is 1. The number of aliphatic hydroxyl groups is 1. The molecule has 3 nitrogen and oxygen atoms in total. The maximum absolute atomic E-state index is 9.35. The van der Waals surface area contributed by atoms with E-state index >= 15 is 0 Å². The summed E-state index contributed by atoms with van der Waals surface area (Å²) >= 11 is 0. The van der Waals surface area contributed by atoms with Crippen molar-refractivity contribution in [3.8, 4) is 0 Å². The van der Waals surface area contributed by atoms with Gasteiger partial charge in [0, 0.05) is 12.5 Å². The van der Waals surface area contributed by atoms with Gasteiger partial charge in [-0.05, 0) is 13.3 Å². The third-order valence-electron chi connectivity index (χ3n) is 2.17. The molecule has 3 atom stereocenters. The molecule has 1 fully saturated rings. The normalized spacial score (nSPS) is 38.3. The van der Waals surface area contributed by atoms with Crippen LogP contribution in [-0.4, -0.2) is 23.5 Å². The van der Waals surface area contributed by atoms with Gasteiger partial charge in [0.15, 0.2) is 6.29 Å². The van der Waals surface area contributed by atoms with Crippen molar-refractivity contribution in [1.29, 1.82) is 0 Å². The highest BCUT2D eigenvalue weighted by atomic mass is 16.6. The SMILES string of the molecule is C=CC1CC1(N)C(O)OCC. The molecule has 1 saturated carbocycles. The molecule has 64 valence electrons. The molecule has 0 aromatic heterocycles. The minimum atomic E-state index is -0.838. The van der Waals surface area contributed by atoms with E-state index in [1.807, 2.05) is 6.92 Å². The zero-order valence-corrected chi connectivity index (χ0v) is 6.79. The lowest BCUT2D eigenvalue weighted by atomic mass is 10.2. The molecule has 1 aliphatic rings. The van der Waals surface area contributed by atoms with E-state index in [1.165, 1.54) is 0 Å². The number of aliphatic hydroxyl groups excluding tert-OH is 1. The standard InChI is InChI=1S/C8H15NO2/c1-3-6-5-8(6,9)7(10)11-4-2/h3,6-7,10H,1,4-5,9H2,2H3. The Labute approximate surface area is 66.8 Å². The average molecular weight is 157 g/mol. The molecular formula is C8H15NO2. The predicted octanol–water partition coefficient (Wildman–Crippen LogP) is 0.245. The Morgan fingerprint density at radius 2 is 2.64 bits per heavy atom. The number of hydrogen-bond donors (Lipinski definition) is 2. The zero-order chi connectivity index (χ0) is 8.48. The van der Waals surface area contributed by atoms with Gasteiger partial charge >= 0.3 is 0 Å². The average Bonchev–Trinajstić information content (AvgIpc) is 2.64. The molecule has 3 unspecified atom stereocenters. The van der Waals surface area contributed by atoms with Crippen LogP contribution in [0, 0.1) is 5.92 Å². The van der Waals surface area contributed by atoms with Gasteiger partial charge in [0.1, 0.15) is 0 Å². The highest BCUT2D eigenvalue weighted by Gasteiger charge is 2.55. The van der Waals surface area contributed by atoms with Crippen molar-refractivity contribution in [2.24, 2.45) is 11.7 Å². The Morgan fingerprint density at radius 3 is 3.00 bits per heavy atom. The van der Waals surface area contributed by atoms with Gasteiger partial charge in [0.25, 0.3) is 0 Å². The first-order chi connectivity index (χ1) is 5.15. The summed E-state index contributed by atoms with van der Waals surface area (Å²) in [6.07, 6.45) is 1.70. The predicted molar refractivity (Wildman–Crippen MR) is 42.9 cm³/mol. The number of nitrogens with two attached hydrogens (primary N) is 1. The van der Waals surface area contributed by atoms with Crippen molar-refractivity contribution < 1.29 is 9.84 Å². The van der Waals surface area contributed by atoms with Gasteiger partial charge in [-0.3, -0.25) is 0 Å². The van der Waals surface area contributed by atoms with Crippen LogP contribution in [0.2, 0.25) is 0 Å². The first kappa shape index (κ1) is 8.71. The van der Waals surface area contributed by atoms with Crippen LogP contribution in [0.3, 0.4) is 0 Å². The summed E-state index contributed by atoms with van der Waals surface area (Å²) in [6.45, 7) is 5.94. The Bertz CT molecular complexity index is 160. The van der Waals surface area contributed by atoms with E-state index in [2.05, 4.69) is 6.58 Å². The highest BCUT2D eigenvalue weighted by Crippen LogP contribution is 2.44. The van der Waals surface area contributed by atoms with Crippen LogP contribution in [0.1, 0.15) is 13.3 Å². The maximum atomic E-state index is 9.35. The van der Waals surface area contributed by atoms with Crippen LogP contribution in [0.15, 0.2) is 12.7 Å². The fraction of sp³-hybridized carbons (Fsp3) is 0.750. The Kier molecular flexibility index (Phi) is 2.32. The van der Waals surface area contributed by atoms with Gasteiger partial charge < -0.3 is 15.6 Å². The van der Waals surface area contributed by atoms with Crippen LogP contribution in [0.4, 0.5) is 0 Å². The molecule has 0 aromatic carbocycles. The smallest absolute Gasteiger partial charge is 0.173 e. The molecule has 0 bridgehead atoms. The monoisotopic (exact) mass is 157 g/mol. The van der Waals surface area contributed by atoms with Crippen LogP contribution in [-0.2, 0) is 4.74 Å². The third kappa shape index (κ3) is 1.45. The van der Waals surface area contributed by atoms with E-state index in [4.69, 9.17) is 10.5 Å². The molecule has 11 heavy (non-hydrogen) atoms. The molecular weight excluding hydrogens is 142 g/mol. The van der Waals surface area contributed by atoms with Gasteiger partial charge in [-0.25, -0.2) is 0 Å². The second-order valence-corrected chi connectivity index (χ2v) is 2.97. The molecule has 0 heterocycles. The second kappa shape index (κ2) is 2.93. The lowest BCUT2D eigenvalue weighted by molar-refractivity contribution is -0.118. The van der Waals surface area contributed by atoms with E-state index < -0.39 is 11.8 Å². The van der Waals surface area contributed by atoms with E-state index in [0.29, 0.717) is 6.61 Å². The molecule has 0 amide bonds. The van der Waals surface area contributed by atoms with Crippen molar-refractivity contribution in [3.05, 3.63) is 12.7 Å². The Morgan fingerprint density at radius 1 is 2.00 bits per heavy atom. The second-order valence-electron chi connectivity index (χ2n) is 2.97. The molecule has 0 radical (unpaired) electrons. The van der Waals surface area contributed by atoms with Crippen LogP contribution in [0.25, 0.3) is 0 Å². The van der Waals surface area contributed by atoms with E-state index in [9.17, 15) is 5.11 Å². The lowest BCUT2D eigenvalue weighted by Crippen LogP contribution is -2.40. The minimum absolute atomic E-state index is 0.212. The van der Waals surface area contributed by atoms with E-state index in [-0.39, 0.29) is 5.92 Å². The van der Waals surface area contributed by atoms with Crippen LogP contribution in [0.5, 0.6) is 0 Å². The van der Waals surface area contributed by atoms with Gasteiger partial charge in [0.2, 0.25) is 0 Å². The first-order valence-corrected chi connectivity index (χ1v) is 3.86. The summed E-state index contributed by atoms with van der Waals surface area (Å²) in [7, 11) is 0. The third-order valence-corrected chi connectivity index (χ3v) is 2.17. The minimum Gasteiger partial charge on any atom is -0.366 e. The summed E-state index contributed by atoms with van der Waals surface area (Å²) in [5.74, 6) is 0.212. The first-order valence-electron chi connectivity index (χ1n) is 3.86. The van der Waals surface area contributed by atoms with Gasteiger partial charge in [-0.2, -0.15) is 0 Å². The number of hydrogen-bond acceptors (Lipinski definition) is 3. The highest BCUT2D eigenvalue weighted by molar-refractivity contribution is 5.16. The summed E-state index contributed by atoms with van der Waals surface area (Å²) in [6, 6.07) is 0. The van der Waals surface area contributed by atoms with Gasteiger partial charge in [-0.1, -0.05) is 6.08 Å². The molecule has 3 heteroatoms. The molecule has 1 aliphatic carbocycles. The molecule has 0 aliphatic heterocycles. The van der Waals surface area contributed by atoms with Gasteiger partial charge in [-0.15, -0.1) is 6.58 Å². The summed E-state index contributed by atoms with van der Waals surface area (Å²) in [5, 5.41) is 9.35. The fourth-order valence-electron chi connectivity index (χ4n) is 1.22. The maximum Gasteiger partial charge on any atom is 0.173 e. The largest absolute Gasteiger partial charge is 0.366 e. The fourth-order valence-corrected chi connectivity index (χ4v) is 1.22. The molecule has 0 spiro atoms. The van der Waals surface area contributed by atoms with Crippen LogP contribution < -0.4 is 5.73 Å². The van der Waals surface area contributed by atoms with Crippen molar-refractivity contribution in [2.75, 3.05) is 6.61 Å². The van der Waals surface area contributed by atoms with E-state index in [1.54, 1.807) is 6.08 Å². The quantitative estimate of drug-likeness (QED) is 0.454. The van der Waals surface area contributed by atoms with E-state index in [0.717, 1.165) is 6.42 Å². The van der Waals surface area contributed by atoms with Crippen molar-refractivity contribution >= 4 is 0 Å². The van der Waals surface area contributed by atoms with Gasteiger partial charge in [0.05, 0.1) is 5.54 Å². The van der Waals surface area contributed by atoms with Crippen LogP contribution >= 0.6 is 0 Å². The Balaban J connectivity index is 2.42. The Hall–Kier alpha value is -0.380. The number of rotatable bonds is 4.